The summed E-state index contributed by atoms with van der Waals surface area (Å²) in [7, 11) is 0. The molecule has 1 amide bonds. The minimum Gasteiger partial charge on any atom is -0.394 e. The van der Waals surface area contributed by atoms with Gasteiger partial charge in [-0.05, 0) is 12.8 Å². The fourth-order valence-electron chi connectivity index (χ4n) is 9.89. The summed E-state index contributed by atoms with van der Waals surface area (Å²) in [6, 6.07) is -0.821. The van der Waals surface area contributed by atoms with Crippen LogP contribution in [0.1, 0.15) is 251 Å². The Hall–Kier alpha value is -1.01. The second kappa shape index (κ2) is 42.4. The normalized spacial score (nSPS) is 26.1. The molecule has 0 saturated carbocycles. The van der Waals surface area contributed by atoms with Gasteiger partial charge < -0.3 is 65.1 Å². The molecule has 2 heterocycles. The molecule has 2 rings (SSSR count). The molecule has 9 N–H and O–H groups in total. The molecule has 0 aliphatic carbocycles. The molecule has 2 aliphatic heterocycles. The molecule has 0 aromatic rings. The van der Waals surface area contributed by atoms with Gasteiger partial charge in [0, 0.05) is 6.42 Å². The third kappa shape index (κ3) is 28.9. The van der Waals surface area contributed by atoms with Crippen molar-refractivity contribution in [3.05, 3.63) is 0 Å². The lowest BCUT2D eigenvalue weighted by Crippen LogP contribution is -2.65. The Kier molecular flexibility index (Phi) is 39.4. The van der Waals surface area contributed by atoms with Gasteiger partial charge >= 0.3 is 0 Å². The summed E-state index contributed by atoms with van der Waals surface area (Å²) >= 11 is 0. The Morgan fingerprint density at radius 1 is 0.464 bits per heavy atom. The third-order valence-electron chi connectivity index (χ3n) is 14.6. The molecule has 0 aromatic heterocycles. The standard InChI is InChI=1S/C55H107NO13/c1-3-5-7-9-11-13-15-17-18-19-20-21-22-23-24-25-27-28-30-32-34-36-38-44(59)43(56-47(60)39-37-35-33-31-29-26-16-14-12-10-8-6-4-2)42-66-54-52(65)50(63)53(46(41-58)68-54)69-55-51(64)49(62)48(61)45(40-57)67-55/h43-46,48-55,57-59,61-65H,3-42H2,1-2H3,(H,56,60). The molecule has 14 heteroatoms. The molecular weight excluding hydrogens is 883 g/mol. The van der Waals surface area contributed by atoms with Gasteiger partial charge in [-0.25, -0.2) is 0 Å². The smallest absolute Gasteiger partial charge is 0.220 e. The number of ether oxygens (including phenoxy) is 4. The lowest BCUT2D eigenvalue weighted by molar-refractivity contribution is -0.359. The van der Waals surface area contributed by atoms with Gasteiger partial charge in [-0.15, -0.1) is 0 Å². The minimum absolute atomic E-state index is 0.203. The number of hydrogen-bond donors (Lipinski definition) is 9. The van der Waals surface area contributed by atoms with E-state index in [4.69, 9.17) is 18.9 Å². The van der Waals surface area contributed by atoms with Crippen LogP contribution in [0.4, 0.5) is 0 Å². The monoisotopic (exact) mass is 990 g/mol. The summed E-state index contributed by atoms with van der Waals surface area (Å²) in [5.41, 5.74) is 0. The molecule has 0 spiro atoms. The molecule has 410 valence electrons. The lowest BCUT2D eigenvalue weighted by Gasteiger charge is -2.46. The van der Waals surface area contributed by atoms with Gasteiger partial charge in [0.15, 0.2) is 12.6 Å². The molecule has 2 fully saturated rings. The summed E-state index contributed by atoms with van der Waals surface area (Å²) in [4.78, 5) is 13.2. The first-order valence-electron chi connectivity index (χ1n) is 28.8. The summed E-state index contributed by atoms with van der Waals surface area (Å²) in [6.45, 7) is 2.88. The van der Waals surface area contributed by atoms with E-state index < -0.39 is 86.8 Å². The molecule has 69 heavy (non-hydrogen) atoms. The fraction of sp³-hybridized carbons (Fsp3) is 0.982. The van der Waals surface area contributed by atoms with Crippen LogP contribution in [0.15, 0.2) is 0 Å². The number of aliphatic hydroxyl groups excluding tert-OH is 8. The molecule has 0 bridgehead atoms. The number of carbonyl (C=O) groups excluding carboxylic acids is 1. The van der Waals surface area contributed by atoms with Gasteiger partial charge in [-0.1, -0.05) is 232 Å². The van der Waals surface area contributed by atoms with Crippen LogP contribution in [-0.2, 0) is 23.7 Å². The number of rotatable bonds is 46. The number of nitrogens with one attached hydrogen (secondary N) is 1. The average Bonchev–Trinajstić information content (AvgIpc) is 3.35. The van der Waals surface area contributed by atoms with Crippen LogP contribution in [0.2, 0.25) is 0 Å². The van der Waals surface area contributed by atoms with Crippen molar-refractivity contribution in [3.8, 4) is 0 Å². The fourth-order valence-corrected chi connectivity index (χ4v) is 9.89. The topological polar surface area (TPSA) is 228 Å². The van der Waals surface area contributed by atoms with Crippen molar-refractivity contribution in [1.82, 2.24) is 5.32 Å². The van der Waals surface area contributed by atoms with Crippen molar-refractivity contribution in [2.75, 3.05) is 19.8 Å². The molecule has 12 atom stereocenters. The summed E-state index contributed by atoms with van der Waals surface area (Å²) in [6.07, 6.45) is 28.2. The number of hydrogen-bond acceptors (Lipinski definition) is 13. The molecule has 0 aromatic carbocycles. The summed E-state index contributed by atoms with van der Waals surface area (Å²) in [5.74, 6) is -0.203. The molecule has 14 nitrogen and oxygen atoms in total. The van der Waals surface area contributed by atoms with Gasteiger partial charge in [0.2, 0.25) is 5.91 Å². The van der Waals surface area contributed by atoms with Crippen molar-refractivity contribution >= 4 is 5.91 Å². The first-order valence-corrected chi connectivity index (χ1v) is 28.8. The van der Waals surface area contributed by atoms with Crippen LogP contribution in [-0.4, -0.2) is 140 Å². The third-order valence-corrected chi connectivity index (χ3v) is 14.6. The Morgan fingerprint density at radius 2 is 0.826 bits per heavy atom. The predicted octanol–water partition coefficient (Wildman–Crippen LogP) is 8.95. The Bertz CT molecular complexity index is 1170. The number of carbonyl (C=O) groups is 1. The zero-order valence-electron chi connectivity index (χ0n) is 43.8. The van der Waals surface area contributed by atoms with Gasteiger partial charge in [-0.2, -0.15) is 0 Å². The predicted molar refractivity (Wildman–Crippen MR) is 272 cm³/mol. The van der Waals surface area contributed by atoms with Crippen LogP contribution in [0, 0.1) is 0 Å². The zero-order valence-corrected chi connectivity index (χ0v) is 43.8. The molecule has 2 aliphatic rings. The second-order valence-corrected chi connectivity index (χ2v) is 20.8. The van der Waals surface area contributed by atoms with Crippen molar-refractivity contribution in [1.29, 1.82) is 0 Å². The number of amides is 1. The largest absolute Gasteiger partial charge is 0.394 e. The highest BCUT2D eigenvalue weighted by atomic mass is 16.7. The Labute approximate surface area is 419 Å². The lowest BCUT2D eigenvalue weighted by atomic mass is 9.97. The van der Waals surface area contributed by atoms with Crippen molar-refractivity contribution in [2.45, 2.75) is 325 Å². The van der Waals surface area contributed by atoms with Crippen molar-refractivity contribution < 1.29 is 64.6 Å². The van der Waals surface area contributed by atoms with Gasteiger partial charge in [0.1, 0.15) is 48.8 Å². The van der Waals surface area contributed by atoms with Crippen LogP contribution < -0.4 is 5.32 Å². The van der Waals surface area contributed by atoms with Crippen LogP contribution in [0.25, 0.3) is 0 Å². The maximum absolute atomic E-state index is 13.2. The number of aliphatic hydroxyl groups is 8. The van der Waals surface area contributed by atoms with E-state index in [2.05, 4.69) is 19.2 Å². The van der Waals surface area contributed by atoms with Crippen LogP contribution in [0.3, 0.4) is 0 Å². The highest BCUT2D eigenvalue weighted by Crippen LogP contribution is 2.30. The SMILES string of the molecule is CCCCCCCCCCCCCCCCCCCCCCCCC(O)C(COC1OC(CO)C(OC2OC(CO)C(O)C(O)C2O)C(O)C1O)NC(=O)CCCCCCCCCCCCCCC. The van der Waals surface area contributed by atoms with Gasteiger partial charge in [0.25, 0.3) is 0 Å². The summed E-state index contributed by atoms with van der Waals surface area (Å²) in [5, 5.41) is 87.1. The summed E-state index contributed by atoms with van der Waals surface area (Å²) < 4.78 is 22.8. The molecule has 0 radical (unpaired) electrons. The van der Waals surface area contributed by atoms with E-state index in [1.54, 1.807) is 0 Å². The first kappa shape index (κ1) is 64.1. The van der Waals surface area contributed by atoms with E-state index in [1.165, 1.54) is 173 Å². The van der Waals surface area contributed by atoms with E-state index >= 15 is 0 Å². The van der Waals surface area contributed by atoms with E-state index in [9.17, 15) is 45.6 Å². The van der Waals surface area contributed by atoms with Gasteiger partial charge in [0.05, 0.1) is 32.0 Å². The van der Waals surface area contributed by atoms with E-state index in [1.807, 2.05) is 0 Å². The molecule has 12 unspecified atom stereocenters. The van der Waals surface area contributed by atoms with E-state index in [0.717, 1.165) is 51.4 Å². The van der Waals surface area contributed by atoms with Crippen LogP contribution in [0.5, 0.6) is 0 Å². The maximum Gasteiger partial charge on any atom is 0.220 e. The quantitative estimate of drug-likeness (QED) is 0.0260. The Morgan fingerprint density at radius 3 is 1.23 bits per heavy atom. The van der Waals surface area contributed by atoms with Gasteiger partial charge in [-0.3, -0.25) is 4.79 Å². The van der Waals surface area contributed by atoms with E-state index in [0.29, 0.717) is 12.8 Å². The van der Waals surface area contributed by atoms with Crippen molar-refractivity contribution in [3.63, 3.8) is 0 Å². The minimum atomic E-state index is -1.78. The molecule has 2 saturated heterocycles. The van der Waals surface area contributed by atoms with Crippen molar-refractivity contribution in [2.24, 2.45) is 0 Å². The highest BCUT2D eigenvalue weighted by molar-refractivity contribution is 5.76. The molecular formula is C55H107NO13. The highest BCUT2D eigenvalue weighted by Gasteiger charge is 2.51. The number of unbranched alkanes of at least 4 members (excludes halogenated alkanes) is 33. The second-order valence-electron chi connectivity index (χ2n) is 20.8. The first-order chi connectivity index (χ1) is 33.6. The van der Waals surface area contributed by atoms with E-state index in [-0.39, 0.29) is 12.5 Å². The Balaban J connectivity index is 1.75. The maximum atomic E-state index is 13.2. The average molecular weight is 990 g/mol. The zero-order chi connectivity index (χ0) is 50.3. The van der Waals surface area contributed by atoms with Crippen LogP contribution >= 0.6 is 0 Å².